The van der Waals surface area contributed by atoms with Gasteiger partial charge in [-0.3, -0.25) is 4.79 Å². The van der Waals surface area contributed by atoms with Crippen molar-refractivity contribution < 1.29 is 19.4 Å². The second-order valence-electron chi connectivity index (χ2n) is 5.49. The lowest BCUT2D eigenvalue weighted by molar-refractivity contribution is 0.0907. The predicted molar refractivity (Wildman–Crippen MR) is 82.1 cm³/mol. The van der Waals surface area contributed by atoms with Gasteiger partial charge in [0.15, 0.2) is 0 Å². The minimum Gasteiger partial charge on any atom is -0.496 e. The van der Waals surface area contributed by atoms with Crippen molar-refractivity contribution >= 4 is 5.91 Å². The van der Waals surface area contributed by atoms with Gasteiger partial charge in [0.1, 0.15) is 11.5 Å². The molecule has 0 saturated heterocycles. The van der Waals surface area contributed by atoms with Crippen molar-refractivity contribution in [3.8, 4) is 11.5 Å². The van der Waals surface area contributed by atoms with Crippen LogP contribution in [0.5, 0.6) is 11.5 Å². The Morgan fingerprint density at radius 2 is 1.76 bits per heavy atom. The smallest absolute Gasteiger partial charge is 0.251 e. The number of benzene rings is 1. The fourth-order valence-electron chi connectivity index (χ4n) is 2.23. The molecule has 0 aliphatic heterocycles. The maximum absolute atomic E-state index is 12.3. The Morgan fingerprint density at radius 1 is 1.24 bits per heavy atom. The quantitative estimate of drug-likeness (QED) is 0.809. The van der Waals surface area contributed by atoms with Gasteiger partial charge in [0.25, 0.3) is 5.91 Å². The Balaban J connectivity index is 2.96. The largest absolute Gasteiger partial charge is 0.496 e. The van der Waals surface area contributed by atoms with Gasteiger partial charge in [-0.15, -0.1) is 0 Å². The lowest BCUT2D eigenvalue weighted by Crippen LogP contribution is -2.38. The molecular formula is C16H25NO4. The third kappa shape index (κ3) is 4.63. The number of carbonyl (C=O) groups is 1. The highest BCUT2D eigenvalue weighted by Crippen LogP contribution is 2.29. The number of rotatable bonds is 7. The first-order chi connectivity index (χ1) is 9.92. The Morgan fingerprint density at radius 3 is 2.14 bits per heavy atom. The Hall–Kier alpha value is -1.75. The van der Waals surface area contributed by atoms with Gasteiger partial charge in [0.2, 0.25) is 0 Å². The fourth-order valence-corrected chi connectivity index (χ4v) is 2.23. The topological polar surface area (TPSA) is 67.8 Å². The summed E-state index contributed by atoms with van der Waals surface area (Å²) in [5.41, 5.74) is 1.30. The highest BCUT2D eigenvalue weighted by molar-refractivity contribution is 5.95. The summed E-state index contributed by atoms with van der Waals surface area (Å²) < 4.78 is 10.5. The highest BCUT2D eigenvalue weighted by Gasteiger charge is 2.17. The normalized spacial score (nSPS) is 12.1. The Kier molecular flexibility index (Phi) is 6.49. The molecule has 0 fully saturated rings. The van der Waals surface area contributed by atoms with Gasteiger partial charge in [-0.2, -0.15) is 0 Å². The van der Waals surface area contributed by atoms with Crippen molar-refractivity contribution in [1.82, 2.24) is 5.32 Å². The number of ether oxygens (including phenoxy) is 2. The average molecular weight is 295 g/mol. The highest BCUT2D eigenvalue weighted by atomic mass is 16.5. The average Bonchev–Trinajstić information content (AvgIpc) is 2.46. The van der Waals surface area contributed by atoms with Crippen LogP contribution in [-0.2, 0) is 0 Å². The molecule has 5 nitrogen and oxygen atoms in total. The van der Waals surface area contributed by atoms with Crippen molar-refractivity contribution in [1.29, 1.82) is 0 Å². The molecule has 0 aliphatic rings. The number of amides is 1. The van der Waals surface area contributed by atoms with Gasteiger partial charge in [0, 0.05) is 11.1 Å². The van der Waals surface area contributed by atoms with Crippen LogP contribution >= 0.6 is 0 Å². The summed E-state index contributed by atoms with van der Waals surface area (Å²) in [6.07, 6.45) is 0.725. The summed E-state index contributed by atoms with van der Waals surface area (Å²) >= 11 is 0. The van der Waals surface area contributed by atoms with Gasteiger partial charge < -0.3 is 19.9 Å². The van der Waals surface area contributed by atoms with E-state index in [-0.39, 0.29) is 18.6 Å². The molecule has 0 aliphatic carbocycles. The van der Waals surface area contributed by atoms with Crippen molar-refractivity contribution in [2.24, 2.45) is 5.92 Å². The van der Waals surface area contributed by atoms with Crippen LogP contribution in [0.2, 0.25) is 0 Å². The number of carbonyl (C=O) groups excluding carboxylic acids is 1. The molecule has 21 heavy (non-hydrogen) atoms. The molecule has 1 atom stereocenters. The van der Waals surface area contributed by atoms with Crippen LogP contribution < -0.4 is 14.8 Å². The first kappa shape index (κ1) is 17.3. The van der Waals surface area contributed by atoms with Crippen molar-refractivity contribution in [3.63, 3.8) is 0 Å². The zero-order chi connectivity index (χ0) is 16.0. The molecule has 1 unspecified atom stereocenters. The summed E-state index contributed by atoms with van der Waals surface area (Å²) in [4.78, 5) is 12.3. The van der Waals surface area contributed by atoms with Gasteiger partial charge in [-0.25, -0.2) is 0 Å². The van der Waals surface area contributed by atoms with Crippen LogP contribution in [0.4, 0.5) is 0 Å². The molecule has 0 saturated carbocycles. The molecule has 5 heteroatoms. The lowest BCUT2D eigenvalue weighted by atomic mass is 10.0. The maximum atomic E-state index is 12.3. The fraction of sp³-hybridized carbons (Fsp3) is 0.562. The zero-order valence-corrected chi connectivity index (χ0v) is 13.4. The van der Waals surface area contributed by atoms with Crippen LogP contribution in [0.3, 0.4) is 0 Å². The number of nitrogens with one attached hydrogen (secondary N) is 1. The summed E-state index contributed by atoms with van der Waals surface area (Å²) in [5, 5.41) is 12.2. The van der Waals surface area contributed by atoms with Gasteiger partial charge >= 0.3 is 0 Å². The van der Waals surface area contributed by atoms with Crippen molar-refractivity contribution in [2.75, 3.05) is 20.8 Å². The predicted octanol–water partition coefficient (Wildman–Crippen LogP) is 2.15. The molecule has 1 aromatic rings. The molecule has 1 amide bonds. The number of aliphatic hydroxyl groups excluding tert-OH is 1. The van der Waals surface area contributed by atoms with Crippen LogP contribution in [0.1, 0.15) is 36.2 Å². The number of hydrogen-bond donors (Lipinski definition) is 2. The molecule has 0 aromatic heterocycles. The van der Waals surface area contributed by atoms with Gasteiger partial charge in [-0.1, -0.05) is 13.8 Å². The number of hydrogen-bond acceptors (Lipinski definition) is 4. The first-order valence-electron chi connectivity index (χ1n) is 7.07. The molecule has 0 radical (unpaired) electrons. The van der Waals surface area contributed by atoms with E-state index >= 15 is 0 Å². The second-order valence-corrected chi connectivity index (χ2v) is 5.49. The molecule has 0 heterocycles. The third-order valence-corrected chi connectivity index (χ3v) is 3.33. The molecule has 0 bridgehead atoms. The number of aliphatic hydroxyl groups is 1. The van der Waals surface area contributed by atoms with E-state index in [2.05, 4.69) is 5.32 Å². The Labute approximate surface area is 126 Å². The lowest BCUT2D eigenvalue weighted by Gasteiger charge is -2.19. The molecule has 2 N–H and O–H groups in total. The van der Waals surface area contributed by atoms with Crippen LogP contribution in [0.15, 0.2) is 12.1 Å². The van der Waals surface area contributed by atoms with E-state index in [0.717, 1.165) is 12.0 Å². The van der Waals surface area contributed by atoms with Crippen LogP contribution in [0, 0.1) is 12.8 Å². The van der Waals surface area contributed by atoms with E-state index in [1.807, 2.05) is 20.8 Å². The SMILES string of the molecule is COc1cc(C(=O)NC(CO)CC(C)C)cc(OC)c1C. The Bertz CT molecular complexity index is 460. The van der Waals surface area contributed by atoms with Crippen molar-refractivity contribution in [2.45, 2.75) is 33.2 Å². The minimum absolute atomic E-state index is 0.0793. The minimum atomic E-state index is -0.254. The van der Waals surface area contributed by atoms with E-state index in [9.17, 15) is 9.90 Å². The summed E-state index contributed by atoms with van der Waals surface area (Å²) in [5.74, 6) is 1.35. The molecule has 118 valence electrons. The summed E-state index contributed by atoms with van der Waals surface area (Å²) in [7, 11) is 3.11. The second kappa shape index (κ2) is 7.88. The van der Waals surface area contributed by atoms with Crippen LogP contribution in [-0.4, -0.2) is 37.9 Å². The van der Waals surface area contributed by atoms with Crippen LogP contribution in [0.25, 0.3) is 0 Å². The zero-order valence-electron chi connectivity index (χ0n) is 13.4. The molecule has 0 spiro atoms. The van der Waals surface area contributed by atoms with E-state index in [0.29, 0.717) is 23.0 Å². The van der Waals surface area contributed by atoms with Gasteiger partial charge in [0.05, 0.1) is 26.9 Å². The van der Waals surface area contributed by atoms with E-state index in [4.69, 9.17) is 9.47 Å². The first-order valence-corrected chi connectivity index (χ1v) is 7.07. The monoisotopic (exact) mass is 295 g/mol. The molecule has 1 aromatic carbocycles. The third-order valence-electron chi connectivity index (χ3n) is 3.33. The molecular weight excluding hydrogens is 270 g/mol. The molecule has 1 rings (SSSR count). The number of methoxy groups -OCH3 is 2. The van der Waals surface area contributed by atoms with Gasteiger partial charge in [-0.05, 0) is 31.4 Å². The van der Waals surface area contributed by atoms with E-state index in [1.54, 1.807) is 26.4 Å². The van der Waals surface area contributed by atoms with E-state index < -0.39 is 0 Å². The maximum Gasteiger partial charge on any atom is 0.251 e. The van der Waals surface area contributed by atoms with E-state index in [1.165, 1.54) is 0 Å². The summed E-state index contributed by atoms with van der Waals surface area (Å²) in [6.45, 7) is 5.89. The standard InChI is InChI=1S/C16H25NO4/c1-10(2)6-13(9-18)17-16(19)12-7-14(20-4)11(3)15(8-12)21-5/h7-8,10,13,18H,6,9H2,1-5H3,(H,17,19). The van der Waals surface area contributed by atoms with Crippen molar-refractivity contribution in [3.05, 3.63) is 23.3 Å². The summed E-state index contributed by atoms with van der Waals surface area (Å²) in [6, 6.07) is 3.10.